The van der Waals surface area contributed by atoms with E-state index in [0.717, 1.165) is 44.1 Å². The van der Waals surface area contributed by atoms with Crippen molar-refractivity contribution in [2.75, 3.05) is 19.8 Å². The molecule has 1 spiro atoms. The second-order valence-corrected chi connectivity index (χ2v) is 8.11. The van der Waals surface area contributed by atoms with E-state index in [9.17, 15) is 9.90 Å². The van der Waals surface area contributed by atoms with Crippen LogP contribution in [0.3, 0.4) is 0 Å². The van der Waals surface area contributed by atoms with Crippen molar-refractivity contribution in [1.82, 2.24) is 5.32 Å². The van der Waals surface area contributed by atoms with Crippen molar-refractivity contribution < 1.29 is 19.4 Å². The number of hydrogen-bond acceptors (Lipinski definition) is 4. The van der Waals surface area contributed by atoms with Crippen LogP contribution in [0.2, 0.25) is 0 Å². The highest BCUT2D eigenvalue weighted by atomic mass is 16.7. The molecule has 0 unspecified atom stereocenters. The summed E-state index contributed by atoms with van der Waals surface area (Å²) in [5.41, 5.74) is 2.52. The Morgan fingerprint density at radius 1 is 1.03 bits per heavy atom. The molecule has 1 heterocycles. The monoisotopic (exact) mass is 395 g/mol. The van der Waals surface area contributed by atoms with Crippen LogP contribution in [0, 0.1) is 5.92 Å². The molecule has 1 amide bonds. The number of nitrogens with one attached hydrogen (secondary N) is 1. The molecule has 29 heavy (non-hydrogen) atoms. The van der Waals surface area contributed by atoms with E-state index in [1.54, 1.807) is 12.1 Å². The molecule has 2 aromatic carbocycles. The van der Waals surface area contributed by atoms with Crippen molar-refractivity contribution in [3.63, 3.8) is 0 Å². The zero-order valence-electron chi connectivity index (χ0n) is 16.7. The van der Waals surface area contributed by atoms with Crippen LogP contribution in [-0.2, 0) is 15.9 Å². The third kappa shape index (κ3) is 4.98. The predicted octanol–water partition coefficient (Wildman–Crippen LogP) is 4.04. The lowest BCUT2D eigenvalue weighted by Crippen LogP contribution is -2.36. The Bertz CT molecular complexity index is 820. The first-order chi connectivity index (χ1) is 14.1. The van der Waals surface area contributed by atoms with E-state index in [2.05, 4.69) is 17.4 Å². The minimum atomic E-state index is -0.329. The molecule has 2 N–H and O–H groups in total. The van der Waals surface area contributed by atoms with Gasteiger partial charge in [-0.3, -0.25) is 4.79 Å². The summed E-state index contributed by atoms with van der Waals surface area (Å²) in [6.07, 6.45) is 5.67. The fourth-order valence-corrected chi connectivity index (χ4v) is 4.38. The normalized spacial score (nSPS) is 18.8. The lowest BCUT2D eigenvalue weighted by atomic mass is 9.83. The Morgan fingerprint density at radius 3 is 2.48 bits per heavy atom. The van der Waals surface area contributed by atoms with Crippen molar-refractivity contribution in [3.8, 4) is 5.75 Å². The molecule has 1 aliphatic heterocycles. The quantitative estimate of drug-likeness (QED) is 0.775. The maximum absolute atomic E-state index is 12.6. The molecule has 2 aliphatic rings. The molecule has 2 fully saturated rings. The molecule has 1 aliphatic carbocycles. The number of carbonyl (C=O) groups excluding carboxylic acids is 1. The van der Waals surface area contributed by atoms with E-state index in [-0.39, 0.29) is 17.4 Å². The molecule has 0 bridgehead atoms. The van der Waals surface area contributed by atoms with E-state index in [1.807, 2.05) is 24.3 Å². The number of phenolic OH excluding ortho intramolecular Hbond substituents is 1. The summed E-state index contributed by atoms with van der Waals surface area (Å²) in [7, 11) is 0. The third-order valence-electron chi connectivity index (χ3n) is 6.08. The predicted molar refractivity (Wildman–Crippen MR) is 111 cm³/mol. The number of phenols is 1. The smallest absolute Gasteiger partial charge is 0.255 e. The molecule has 1 saturated carbocycles. The van der Waals surface area contributed by atoms with Gasteiger partial charge in [-0.2, -0.15) is 0 Å². The van der Waals surface area contributed by atoms with Crippen LogP contribution in [0.1, 0.15) is 53.6 Å². The number of ether oxygens (including phenoxy) is 2. The zero-order chi connectivity index (χ0) is 20.1. The van der Waals surface area contributed by atoms with E-state index in [0.29, 0.717) is 31.2 Å². The van der Waals surface area contributed by atoms with Gasteiger partial charge in [0.25, 0.3) is 5.91 Å². The Kier molecular flexibility index (Phi) is 6.16. The van der Waals surface area contributed by atoms with Gasteiger partial charge in [0.2, 0.25) is 0 Å². The minimum absolute atomic E-state index is 0.0226. The van der Waals surface area contributed by atoms with E-state index < -0.39 is 0 Å². The fraction of sp³-hybridized carbons (Fsp3) is 0.458. The van der Waals surface area contributed by atoms with Crippen molar-refractivity contribution in [3.05, 3.63) is 65.2 Å². The first kappa shape index (κ1) is 19.9. The van der Waals surface area contributed by atoms with Crippen molar-refractivity contribution in [1.29, 1.82) is 0 Å². The minimum Gasteiger partial charge on any atom is -0.507 e. The SMILES string of the molecule is O=C(NCCC1CCC2(CC1)OCCO2)c1cc(Cc2ccccc2)ccc1O. The second kappa shape index (κ2) is 8.97. The molecular weight excluding hydrogens is 366 g/mol. The zero-order valence-corrected chi connectivity index (χ0v) is 16.7. The number of aromatic hydroxyl groups is 1. The molecular formula is C24H29NO4. The summed E-state index contributed by atoms with van der Waals surface area (Å²) in [4.78, 5) is 12.6. The average Bonchev–Trinajstić information content (AvgIpc) is 3.20. The van der Waals surface area contributed by atoms with Crippen LogP contribution in [0.5, 0.6) is 5.75 Å². The molecule has 0 radical (unpaired) electrons. The molecule has 0 aromatic heterocycles. The van der Waals surface area contributed by atoms with Crippen molar-refractivity contribution >= 4 is 5.91 Å². The van der Waals surface area contributed by atoms with Gasteiger partial charge in [-0.05, 0) is 54.9 Å². The topological polar surface area (TPSA) is 67.8 Å². The standard InChI is InChI=1S/C24H29NO4/c26-22-7-6-20(16-19-4-2-1-3-5-19)17-21(22)23(27)25-13-10-18-8-11-24(12-9-18)28-14-15-29-24/h1-7,17-18,26H,8-16H2,(H,25,27). The molecule has 0 atom stereocenters. The van der Waals surface area contributed by atoms with Gasteiger partial charge in [0.05, 0.1) is 18.8 Å². The summed E-state index contributed by atoms with van der Waals surface area (Å²) in [6, 6.07) is 15.4. The van der Waals surface area contributed by atoms with Crippen molar-refractivity contribution in [2.45, 2.75) is 44.3 Å². The molecule has 4 rings (SSSR count). The van der Waals surface area contributed by atoms with Gasteiger partial charge >= 0.3 is 0 Å². The first-order valence-corrected chi connectivity index (χ1v) is 10.6. The van der Waals surface area contributed by atoms with Gasteiger partial charge in [0.15, 0.2) is 5.79 Å². The molecule has 154 valence electrons. The summed E-state index contributed by atoms with van der Waals surface area (Å²) in [6.45, 7) is 2.02. The lowest BCUT2D eigenvalue weighted by molar-refractivity contribution is -0.182. The van der Waals surface area contributed by atoms with Crippen molar-refractivity contribution in [2.24, 2.45) is 5.92 Å². The van der Waals surface area contributed by atoms with Gasteiger partial charge in [0, 0.05) is 19.4 Å². The summed E-state index contributed by atoms with van der Waals surface area (Å²) >= 11 is 0. The van der Waals surface area contributed by atoms with Crippen LogP contribution in [0.4, 0.5) is 0 Å². The average molecular weight is 395 g/mol. The highest BCUT2D eigenvalue weighted by Crippen LogP contribution is 2.39. The summed E-state index contributed by atoms with van der Waals surface area (Å²) < 4.78 is 11.6. The highest BCUT2D eigenvalue weighted by Gasteiger charge is 2.40. The Labute approximate surface area is 172 Å². The first-order valence-electron chi connectivity index (χ1n) is 10.6. The van der Waals surface area contributed by atoms with Gasteiger partial charge in [-0.25, -0.2) is 0 Å². The van der Waals surface area contributed by atoms with E-state index in [1.165, 1.54) is 5.56 Å². The van der Waals surface area contributed by atoms with Crippen LogP contribution in [0.15, 0.2) is 48.5 Å². The maximum atomic E-state index is 12.6. The van der Waals surface area contributed by atoms with Gasteiger partial charge in [-0.1, -0.05) is 36.4 Å². The molecule has 2 aromatic rings. The highest BCUT2D eigenvalue weighted by molar-refractivity contribution is 5.97. The second-order valence-electron chi connectivity index (χ2n) is 8.11. The molecule has 1 saturated heterocycles. The van der Waals surface area contributed by atoms with Crippen LogP contribution in [-0.4, -0.2) is 36.6 Å². The van der Waals surface area contributed by atoms with E-state index >= 15 is 0 Å². The number of hydrogen-bond donors (Lipinski definition) is 2. The van der Waals surface area contributed by atoms with Gasteiger partial charge in [-0.15, -0.1) is 0 Å². The number of rotatable bonds is 6. The lowest BCUT2D eigenvalue weighted by Gasteiger charge is -2.35. The van der Waals surface area contributed by atoms with Crippen LogP contribution < -0.4 is 5.32 Å². The largest absolute Gasteiger partial charge is 0.507 e. The Balaban J connectivity index is 1.28. The Morgan fingerprint density at radius 2 is 1.76 bits per heavy atom. The third-order valence-corrected chi connectivity index (χ3v) is 6.08. The summed E-state index contributed by atoms with van der Waals surface area (Å²) in [5, 5.41) is 13.1. The molecule has 5 heteroatoms. The van der Waals surface area contributed by atoms with Gasteiger partial charge in [0.1, 0.15) is 5.75 Å². The molecule has 5 nitrogen and oxygen atoms in total. The van der Waals surface area contributed by atoms with Crippen LogP contribution in [0.25, 0.3) is 0 Å². The van der Waals surface area contributed by atoms with Gasteiger partial charge < -0.3 is 19.9 Å². The maximum Gasteiger partial charge on any atom is 0.255 e. The fourth-order valence-electron chi connectivity index (χ4n) is 4.38. The van der Waals surface area contributed by atoms with E-state index in [4.69, 9.17) is 9.47 Å². The number of benzene rings is 2. The number of carbonyl (C=O) groups is 1. The summed E-state index contributed by atoms with van der Waals surface area (Å²) in [5.74, 6) is 0.0541. The number of amides is 1. The van der Waals surface area contributed by atoms with Crippen LogP contribution >= 0.6 is 0 Å². The Hall–Kier alpha value is -2.37.